The molecule has 2 N–H and O–H groups in total. The van der Waals surface area contributed by atoms with Crippen LogP contribution in [0.2, 0.25) is 36.3 Å². The van der Waals surface area contributed by atoms with E-state index in [2.05, 4.69) is 73.0 Å². The lowest BCUT2D eigenvalue weighted by Gasteiger charge is -2.41. The number of hydrogen-bond acceptors (Lipinski definition) is 7. The van der Waals surface area contributed by atoms with Gasteiger partial charge in [0.2, 0.25) is 0 Å². The van der Waals surface area contributed by atoms with Crippen molar-refractivity contribution in [2.45, 2.75) is 153 Å². The molecular formula is C35H67NO6SSi2. The maximum Gasteiger partial charge on any atom is 0.296 e. The van der Waals surface area contributed by atoms with Gasteiger partial charge >= 0.3 is 0 Å². The summed E-state index contributed by atoms with van der Waals surface area (Å²) in [6.07, 6.45) is 9.63. The van der Waals surface area contributed by atoms with Crippen LogP contribution in [-0.4, -0.2) is 68.7 Å². The van der Waals surface area contributed by atoms with Crippen LogP contribution < -0.4 is 5.32 Å². The Morgan fingerprint density at radius 1 is 0.756 bits per heavy atom. The highest BCUT2D eigenvalue weighted by Crippen LogP contribution is 2.41. The van der Waals surface area contributed by atoms with Gasteiger partial charge in [-0.3, -0.25) is 4.18 Å². The van der Waals surface area contributed by atoms with Gasteiger partial charge in [0.25, 0.3) is 10.1 Å². The highest BCUT2D eigenvalue weighted by molar-refractivity contribution is 7.86. The minimum atomic E-state index is -3.66. The summed E-state index contributed by atoms with van der Waals surface area (Å²) in [7, 11) is -7.00. The maximum atomic E-state index is 12.3. The minimum absolute atomic E-state index is 0.217. The van der Waals surface area contributed by atoms with Gasteiger partial charge in [0.05, 0.1) is 18.1 Å². The van der Waals surface area contributed by atoms with Gasteiger partial charge in [-0.05, 0) is 125 Å². The first-order chi connectivity index (χ1) is 20.7. The van der Waals surface area contributed by atoms with E-state index in [0.717, 1.165) is 50.3 Å². The van der Waals surface area contributed by atoms with Gasteiger partial charge in [0, 0.05) is 18.8 Å². The number of hydrogen-bond donors (Lipinski definition) is 2. The van der Waals surface area contributed by atoms with Gasteiger partial charge < -0.3 is 19.3 Å². The number of aliphatic hydroxyl groups excluding tert-OH is 1. The predicted octanol–water partition coefficient (Wildman–Crippen LogP) is 8.43. The van der Waals surface area contributed by atoms with Crippen molar-refractivity contribution in [1.82, 2.24) is 5.32 Å². The summed E-state index contributed by atoms with van der Waals surface area (Å²) in [6.45, 7) is 27.2. The summed E-state index contributed by atoms with van der Waals surface area (Å²) in [4.78, 5) is 0.234. The molecule has 0 heterocycles. The van der Waals surface area contributed by atoms with Crippen LogP contribution >= 0.6 is 0 Å². The third-order valence-corrected chi connectivity index (χ3v) is 21.0. The van der Waals surface area contributed by atoms with Crippen molar-refractivity contribution < 1.29 is 26.6 Å². The van der Waals surface area contributed by atoms with Crippen LogP contribution in [0.1, 0.15) is 98.5 Å². The zero-order valence-corrected chi connectivity index (χ0v) is 33.3. The second-order valence-electron chi connectivity index (χ2n) is 16.5. The molecule has 1 aromatic rings. The zero-order chi connectivity index (χ0) is 34.1. The van der Waals surface area contributed by atoms with E-state index in [1.54, 1.807) is 24.3 Å². The first-order valence-corrected chi connectivity index (χ1v) is 24.5. The Labute approximate surface area is 279 Å². The lowest BCUT2D eigenvalue weighted by molar-refractivity contribution is 0.0999. The lowest BCUT2D eigenvalue weighted by atomic mass is 9.87. The van der Waals surface area contributed by atoms with E-state index in [9.17, 15) is 8.42 Å². The number of nitrogens with one attached hydrogen (secondary N) is 1. The molecule has 7 nitrogen and oxygen atoms in total. The van der Waals surface area contributed by atoms with E-state index in [-0.39, 0.29) is 29.1 Å². The summed E-state index contributed by atoms with van der Waals surface area (Å²) in [5.74, 6) is 1.06. The molecule has 1 aromatic carbocycles. The van der Waals surface area contributed by atoms with E-state index in [1.165, 1.54) is 25.7 Å². The Morgan fingerprint density at radius 3 is 1.58 bits per heavy atom. The average molecular weight is 686 g/mol. The van der Waals surface area contributed by atoms with Gasteiger partial charge in [0.15, 0.2) is 16.6 Å². The Bertz CT molecular complexity index is 1100. The molecule has 262 valence electrons. The Kier molecular flexibility index (Phi) is 15.5. The van der Waals surface area contributed by atoms with Crippen LogP contribution in [0.5, 0.6) is 0 Å². The van der Waals surface area contributed by atoms with E-state index in [1.807, 2.05) is 6.92 Å². The third kappa shape index (κ3) is 13.4. The minimum Gasteiger partial charge on any atom is -0.414 e. The number of benzene rings is 1. The molecule has 10 heteroatoms. The molecule has 2 aliphatic rings. The highest BCUT2D eigenvalue weighted by Gasteiger charge is 2.41. The summed E-state index contributed by atoms with van der Waals surface area (Å²) in [5, 5.41) is 12.6. The highest BCUT2D eigenvalue weighted by atomic mass is 32.2. The van der Waals surface area contributed by atoms with Gasteiger partial charge in [-0.1, -0.05) is 59.2 Å². The largest absolute Gasteiger partial charge is 0.414 e. The molecular weight excluding hydrogens is 619 g/mol. The molecule has 3 rings (SSSR count). The van der Waals surface area contributed by atoms with Gasteiger partial charge in [-0.25, -0.2) is 0 Å². The Morgan fingerprint density at radius 2 is 1.18 bits per heavy atom. The van der Waals surface area contributed by atoms with Gasteiger partial charge in [-0.2, -0.15) is 8.42 Å². The van der Waals surface area contributed by atoms with Crippen molar-refractivity contribution in [1.29, 1.82) is 0 Å². The smallest absolute Gasteiger partial charge is 0.296 e. The Hall–Kier alpha value is -0.596. The molecule has 2 fully saturated rings. The SMILES string of the molecule is CC(C)(C)[Si](C)(C)OC1CCC(CNCCO)CC1.Cc1ccc(S(=O)(=O)OCC2CCC(O[Si](C)(C)C(C)(C)C)CC2)cc1. The monoisotopic (exact) mass is 685 g/mol. The van der Waals surface area contributed by atoms with Crippen LogP contribution in [0.25, 0.3) is 0 Å². The van der Waals surface area contributed by atoms with Crippen LogP contribution in [0.4, 0.5) is 0 Å². The topological polar surface area (TPSA) is 94.1 Å². The molecule has 45 heavy (non-hydrogen) atoms. The zero-order valence-electron chi connectivity index (χ0n) is 30.5. The van der Waals surface area contributed by atoms with Crippen molar-refractivity contribution in [3.63, 3.8) is 0 Å². The fourth-order valence-corrected chi connectivity index (χ4v) is 9.22. The maximum absolute atomic E-state index is 12.3. The van der Waals surface area contributed by atoms with E-state index < -0.39 is 26.8 Å². The normalized spacial score (nSPS) is 23.7. The van der Waals surface area contributed by atoms with Gasteiger partial charge in [0.1, 0.15) is 0 Å². The molecule has 0 aliphatic heterocycles. The van der Waals surface area contributed by atoms with E-state index in [4.69, 9.17) is 18.1 Å². The number of aryl methyl sites for hydroxylation is 1. The van der Waals surface area contributed by atoms with Crippen LogP contribution in [0.15, 0.2) is 29.2 Å². The van der Waals surface area contributed by atoms with Crippen molar-refractivity contribution in [3.05, 3.63) is 29.8 Å². The fraction of sp³-hybridized carbons (Fsp3) is 0.829. The average Bonchev–Trinajstić information content (AvgIpc) is 2.93. The summed E-state index contributed by atoms with van der Waals surface area (Å²) in [6, 6.07) is 6.79. The molecule has 0 atom stereocenters. The number of aliphatic hydroxyl groups is 1. The molecule has 0 unspecified atom stereocenters. The predicted molar refractivity (Wildman–Crippen MR) is 192 cm³/mol. The lowest BCUT2D eigenvalue weighted by Crippen LogP contribution is -2.45. The quantitative estimate of drug-likeness (QED) is 0.130. The van der Waals surface area contributed by atoms with Crippen LogP contribution in [-0.2, 0) is 23.2 Å². The van der Waals surface area contributed by atoms with E-state index in [0.29, 0.717) is 17.2 Å². The molecule has 0 amide bonds. The Balaban J connectivity index is 0.000000330. The standard InChI is InChI=1S/C20H34O4SSi.C15H33NO2Si/c1-16-7-13-19(14-8-16)25(21,22)23-15-17-9-11-18(12-10-17)24-26(5,6)20(2,3)4;1-15(2,3)19(4,5)18-14-8-6-13(7-9-14)12-16-10-11-17/h7-8,13-14,17-18H,9-12,15H2,1-6H3;13-14,16-17H,6-12H2,1-5H3. The second kappa shape index (κ2) is 17.2. The van der Waals surface area contributed by atoms with Gasteiger partial charge in [-0.15, -0.1) is 0 Å². The summed E-state index contributed by atoms with van der Waals surface area (Å²) in [5.41, 5.74) is 1.03. The number of rotatable bonds is 12. The fourth-order valence-electron chi connectivity index (χ4n) is 5.40. The first-order valence-electron chi connectivity index (χ1n) is 17.3. The van der Waals surface area contributed by atoms with Crippen LogP contribution in [0.3, 0.4) is 0 Å². The van der Waals surface area contributed by atoms with Crippen molar-refractivity contribution >= 4 is 26.8 Å². The van der Waals surface area contributed by atoms with Crippen LogP contribution in [0, 0.1) is 18.8 Å². The van der Waals surface area contributed by atoms with Crippen molar-refractivity contribution in [3.8, 4) is 0 Å². The van der Waals surface area contributed by atoms with Crippen molar-refractivity contribution in [2.24, 2.45) is 11.8 Å². The molecule has 0 aromatic heterocycles. The summed E-state index contributed by atoms with van der Waals surface area (Å²) < 4.78 is 42.9. The molecule has 2 saturated carbocycles. The summed E-state index contributed by atoms with van der Waals surface area (Å²) >= 11 is 0. The molecule has 2 aliphatic carbocycles. The molecule has 0 radical (unpaired) electrons. The third-order valence-electron chi connectivity index (χ3n) is 10.6. The molecule has 0 saturated heterocycles. The molecule has 0 bridgehead atoms. The van der Waals surface area contributed by atoms with Crippen molar-refractivity contribution in [2.75, 3.05) is 26.3 Å². The molecule has 0 spiro atoms. The second-order valence-corrected chi connectivity index (χ2v) is 27.6. The van der Waals surface area contributed by atoms with E-state index >= 15 is 0 Å². The first kappa shape index (κ1) is 40.6.